The summed E-state index contributed by atoms with van der Waals surface area (Å²) in [6.45, 7) is 14.7. The minimum atomic E-state index is -1.32. The molecule has 2 N–H and O–H groups in total. The predicted octanol–water partition coefficient (Wildman–Crippen LogP) is 4.23. The number of benzene rings is 1. The second kappa shape index (κ2) is 9.80. The molecule has 0 aliphatic rings. The zero-order valence-electron chi connectivity index (χ0n) is 18.0. The lowest BCUT2D eigenvalue weighted by Crippen LogP contribution is -2.40. The Morgan fingerprint density at radius 1 is 1.21 bits per heavy atom. The molecule has 0 fully saturated rings. The zero-order chi connectivity index (χ0) is 21.7. The second-order valence-corrected chi connectivity index (χ2v) is 10.7. The number of hydrogen-bond donors (Lipinski definition) is 2. The van der Waals surface area contributed by atoms with Crippen LogP contribution in [-0.4, -0.2) is 33.6 Å². The number of carbonyl (C=O) groups is 1. The van der Waals surface area contributed by atoms with Crippen molar-refractivity contribution in [2.24, 2.45) is 0 Å². The zero-order valence-corrected chi connectivity index (χ0v) is 18.8. The van der Waals surface area contributed by atoms with E-state index in [2.05, 4.69) is 10.0 Å². The topological polar surface area (TPSA) is 82.6 Å². The fourth-order valence-corrected chi connectivity index (χ4v) is 2.97. The summed E-state index contributed by atoms with van der Waals surface area (Å²) in [6.07, 6.45) is -0.907. The molecule has 0 aliphatic heterocycles. The van der Waals surface area contributed by atoms with Gasteiger partial charge >= 0.3 is 6.09 Å². The van der Waals surface area contributed by atoms with Gasteiger partial charge in [-0.1, -0.05) is 0 Å². The Morgan fingerprint density at radius 2 is 1.82 bits per heavy atom. The number of carbonyl (C=O) groups excluding carboxylic acids is 1. The Kier molecular flexibility index (Phi) is 8.59. The Morgan fingerprint density at radius 3 is 2.36 bits per heavy atom. The van der Waals surface area contributed by atoms with Gasteiger partial charge in [0.2, 0.25) is 0 Å². The van der Waals surface area contributed by atoms with E-state index < -0.39 is 39.7 Å². The van der Waals surface area contributed by atoms with Crippen molar-refractivity contribution in [3.05, 3.63) is 29.6 Å². The summed E-state index contributed by atoms with van der Waals surface area (Å²) >= 11 is -1.32. The molecule has 0 unspecified atom stereocenters. The van der Waals surface area contributed by atoms with Crippen LogP contribution >= 0.6 is 0 Å². The third-order valence-corrected chi connectivity index (χ3v) is 5.22. The Hall–Kier alpha value is -1.51. The molecule has 3 atom stereocenters. The molecule has 1 amide bonds. The maximum Gasteiger partial charge on any atom is 0.407 e. The van der Waals surface area contributed by atoms with Crippen LogP contribution in [0.25, 0.3) is 0 Å². The molecular weight excluding hydrogens is 383 g/mol. The molecule has 0 spiro atoms. The van der Waals surface area contributed by atoms with E-state index in [1.807, 2.05) is 20.8 Å². The Bertz CT molecular complexity index is 659. The molecule has 8 heteroatoms. The van der Waals surface area contributed by atoms with E-state index >= 15 is 0 Å². The minimum absolute atomic E-state index is 0.224. The van der Waals surface area contributed by atoms with Gasteiger partial charge < -0.3 is 19.3 Å². The number of rotatable bonds is 7. The molecule has 28 heavy (non-hydrogen) atoms. The van der Waals surface area contributed by atoms with Crippen LogP contribution in [0.4, 0.5) is 9.18 Å². The molecule has 1 rings (SSSR count). The largest absolute Gasteiger partial charge is 0.598 e. The van der Waals surface area contributed by atoms with Gasteiger partial charge in [-0.3, -0.25) is 0 Å². The van der Waals surface area contributed by atoms with Crippen LogP contribution in [0.1, 0.15) is 67.0 Å². The summed E-state index contributed by atoms with van der Waals surface area (Å²) in [7, 11) is 0. The van der Waals surface area contributed by atoms with Gasteiger partial charge in [0.05, 0.1) is 12.6 Å². The van der Waals surface area contributed by atoms with Gasteiger partial charge in [-0.2, -0.15) is 0 Å². The van der Waals surface area contributed by atoms with E-state index in [4.69, 9.17) is 9.47 Å². The minimum Gasteiger partial charge on any atom is -0.598 e. The smallest absolute Gasteiger partial charge is 0.407 e. The number of nitrogens with one attached hydrogen (secondary N) is 2. The van der Waals surface area contributed by atoms with Crippen LogP contribution in [0, 0.1) is 5.82 Å². The van der Waals surface area contributed by atoms with Crippen LogP contribution in [0.15, 0.2) is 18.2 Å². The van der Waals surface area contributed by atoms with Crippen LogP contribution in [0.3, 0.4) is 0 Å². The van der Waals surface area contributed by atoms with E-state index in [1.165, 1.54) is 18.2 Å². The lowest BCUT2D eigenvalue weighted by molar-refractivity contribution is 0.0504. The quantitative estimate of drug-likeness (QED) is 0.650. The first kappa shape index (κ1) is 24.5. The van der Waals surface area contributed by atoms with Crippen molar-refractivity contribution in [2.75, 3.05) is 6.54 Å². The summed E-state index contributed by atoms with van der Waals surface area (Å²) in [5.74, 6) is 0.0582. The molecule has 0 saturated carbocycles. The second-order valence-electron chi connectivity index (χ2n) is 8.71. The average molecular weight is 417 g/mol. The monoisotopic (exact) mass is 416 g/mol. The first-order chi connectivity index (χ1) is 12.7. The molecule has 0 bridgehead atoms. The summed E-state index contributed by atoms with van der Waals surface area (Å²) < 4.78 is 39.8. The lowest BCUT2D eigenvalue weighted by atomic mass is 10.1. The summed E-state index contributed by atoms with van der Waals surface area (Å²) in [6, 6.07) is 3.81. The molecule has 160 valence electrons. The first-order valence-electron chi connectivity index (χ1n) is 9.30. The third kappa shape index (κ3) is 8.67. The molecule has 0 saturated heterocycles. The Labute approximate surface area is 170 Å². The number of alkyl carbamates (subject to hydrolysis) is 1. The molecule has 1 aromatic rings. The number of halogens is 1. The number of amides is 1. The van der Waals surface area contributed by atoms with Gasteiger partial charge in [0, 0.05) is 16.9 Å². The molecular formula is C20H33FN2O4S. The summed E-state index contributed by atoms with van der Waals surface area (Å²) in [5, 5.41) is 2.65. The predicted molar refractivity (Wildman–Crippen MR) is 110 cm³/mol. The molecule has 1 aromatic carbocycles. The molecule has 0 radical (unpaired) electrons. The normalized spacial score (nSPS) is 15.5. The Balaban J connectivity index is 2.79. The molecule has 0 heterocycles. The highest BCUT2D eigenvalue weighted by Crippen LogP contribution is 2.29. The van der Waals surface area contributed by atoms with E-state index in [0.717, 1.165) is 0 Å². The fourth-order valence-electron chi connectivity index (χ4n) is 2.17. The van der Waals surface area contributed by atoms with Gasteiger partial charge in [-0.25, -0.2) is 9.18 Å². The molecule has 0 aromatic heterocycles. The maximum atomic E-state index is 13.8. The van der Waals surface area contributed by atoms with Crippen LogP contribution in [-0.2, 0) is 16.1 Å². The van der Waals surface area contributed by atoms with Crippen LogP contribution < -0.4 is 14.8 Å². The van der Waals surface area contributed by atoms with Crippen molar-refractivity contribution < 1.29 is 23.2 Å². The molecule has 6 nitrogen and oxygen atoms in total. The lowest BCUT2D eigenvalue weighted by Gasteiger charge is -2.28. The first-order valence-corrected chi connectivity index (χ1v) is 10.4. The SMILES string of the molecule is C[C@H](N[S@+]([O-])C(C)(C)C)c1cc(F)ccc1O[C@@H](C)CNC(=O)OC(C)(C)C. The van der Waals surface area contributed by atoms with E-state index in [-0.39, 0.29) is 12.6 Å². The van der Waals surface area contributed by atoms with Gasteiger partial charge in [-0.05, 0) is 73.6 Å². The summed E-state index contributed by atoms with van der Waals surface area (Å²) in [5.41, 5.74) is -0.0241. The summed E-state index contributed by atoms with van der Waals surface area (Å²) in [4.78, 5) is 11.8. The fraction of sp³-hybridized carbons (Fsp3) is 0.650. The highest BCUT2D eigenvalue weighted by atomic mass is 32.2. The van der Waals surface area contributed by atoms with Crippen LogP contribution in [0.2, 0.25) is 0 Å². The van der Waals surface area contributed by atoms with Crippen molar-refractivity contribution in [3.63, 3.8) is 0 Å². The van der Waals surface area contributed by atoms with E-state index in [0.29, 0.717) is 11.3 Å². The third-order valence-electron chi connectivity index (χ3n) is 3.54. The van der Waals surface area contributed by atoms with Crippen molar-refractivity contribution in [2.45, 2.75) is 77.9 Å². The average Bonchev–Trinajstić information content (AvgIpc) is 2.52. The van der Waals surface area contributed by atoms with Gasteiger partial charge in [0.1, 0.15) is 28.0 Å². The van der Waals surface area contributed by atoms with Gasteiger partial charge in [0.25, 0.3) is 0 Å². The number of hydrogen-bond acceptors (Lipinski definition) is 5. The number of ether oxygens (including phenoxy) is 2. The van der Waals surface area contributed by atoms with Crippen molar-refractivity contribution in [1.82, 2.24) is 10.0 Å². The van der Waals surface area contributed by atoms with E-state index in [9.17, 15) is 13.7 Å². The van der Waals surface area contributed by atoms with Crippen LogP contribution in [0.5, 0.6) is 5.75 Å². The standard InChI is InChI=1S/C20H33FN2O4S/c1-13(12-22-18(24)27-19(3,4)5)26-17-10-9-15(21)11-16(17)14(2)23-28(25)20(6,7)8/h9-11,13-14,23H,12H2,1-8H3,(H,22,24)/t13-,14-,28+/m0/s1. The molecule has 0 aliphatic carbocycles. The van der Waals surface area contributed by atoms with Crippen molar-refractivity contribution in [3.8, 4) is 5.75 Å². The van der Waals surface area contributed by atoms with Crippen molar-refractivity contribution in [1.29, 1.82) is 0 Å². The highest BCUT2D eigenvalue weighted by Gasteiger charge is 2.29. The van der Waals surface area contributed by atoms with Gasteiger partial charge in [0.15, 0.2) is 0 Å². The maximum absolute atomic E-state index is 13.8. The van der Waals surface area contributed by atoms with Gasteiger partial charge in [-0.15, -0.1) is 4.72 Å². The highest BCUT2D eigenvalue weighted by molar-refractivity contribution is 7.90. The van der Waals surface area contributed by atoms with E-state index in [1.54, 1.807) is 34.6 Å². The van der Waals surface area contributed by atoms with Crippen molar-refractivity contribution >= 4 is 17.5 Å².